The normalized spacial score (nSPS) is 15.7. The van der Waals surface area contributed by atoms with E-state index >= 15 is 0 Å². The van der Waals surface area contributed by atoms with E-state index in [1.165, 1.54) is 0 Å². The fraction of sp³-hybridized carbons (Fsp3) is 0.120. The van der Waals surface area contributed by atoms with E-state index in [9.17, 15) is 4.79 Å². The number of carbonyl (C=O) groups excluding carboxylic acids is 1. The summed E-state index contributed by atoms with van der Waals surface area (Å²) in [6.07, 6.45) is 1.74. The van der Waals surface area contributed by atoms with Gasteiger partial charge in [-0.25, -0.2) is 4.99 Å². The Morgan fingerprint density at radius 2 is 1.70 bits per heavy atom. The number of ether oxygens (including phenoxy) is 4. The van der Waals surface area contributed by atoms with Crippen LogP contribution in [0.3, 0.4) is 0 Å². The molecule has 2 aliphatic rings. The lowest BCUT2D eigenvalue weighted by Crippen LogP contribution is -2.32. The Kier molecular flexibility index (Phi) is 5.51. The molecule has 3 aromatic rings. The third-order valence-electron chi connectivity index (χ3n) is 5.29. The molecule has 8 heteroatoms. The van der Waals surface area contributed by atoms with E-state index in [-0.39, 0.29) is 12.7 Å². The predicted molar refractivity (Wildman–Crippen MR) is 128 cm³/mol. The van der Waals surface area contributed by atoms with Crippen molar-refractivity contribution >= 4 is 39.4 Å². The minimum absolute atomic E-state index is 0.188. The summed E-state index contributed by atoms with van der Waals surface area (Å²) in [6.45, 7) is 0.188. The van der Waals surface area contributed by atoms with Crippen LogP contribution in [0.4, 0.5) is 5.69 Å². The third-order valence-corrected chi connectivity index (χ3v) is 5.82. The summed E-state index contributed by atoms with van der Waals surface area (Å²) in [5.74, 6) is 2.69. The van der Waals surface area contributed by atoms with Crippen LogP contribution in [0.1, 0.15) is 11.1 Å². The maximum Gasteiger partial charge on any atom is 0.282 e. The summed E-state index contributed by atoms with van der Waals surface area (Å²) in [5.41, 5.74) is 2.51. The maximum atomic E-state index is 13.6. The summed E-state index contributed by atoms with van der Waals surface area (Å²) in [5, 5.41) is 0. The van der Waals surface area contributed by atoms with Crippen molar-refractivity contribution in [1.29, 1.82) is 0 Å². The van der Waals surface area contributed by atoms with Gasteiger partial charge in [-0.15, -0.1) is 0 Å². The fourth-order valence-corrected chi connectivity index (χ4v) is 3.94. The van der Waals surface area contributed by atoms with E-state index in [1.807, 2.05) is 42.5 Å². The van der Waals surface area contributed by atoms with Crippen molar-refractivity contribution in [1.82, 2.24) is 0 Å². The summed E-state index contributed by atoms with van der Waals surface area (Å²) >= 11 is 3.46. The second-order valence-electron chi connectivity index (χ2n) is 7.26. The average molecular weight is 507 g/mol. The number of fused-ring (bicyclic) bond motifs is 1. The molecule has 0 N–H and O–H groups in total. The zero-order valence-electron chi connectivity index (χ0n) is 17.9. The van der Waals surface area contributed by atoms with Crippen LogP contribution < -0.4 is 23.8 Å². The molecule has 0 saturated heterocycles. The molecule has 0 aromatic heterocycles. The Morgan fingerprint density at radius 3 is 2.45 bits per heavy atom. The average Bonchev–Trinajstić information content (AvgIpc) is 3.43. The molecule has 0 aliphatic carbocycles. The quantitative estimate of drug-likeness (QED) is 0.454. The third kappa shape index (κ3) is 3.93. The second kappa shape index (κ2) is 8.63. The monoisotopic (exact) mass is 506 g/mol. The number of amidine groups is 1. The number of rotatable bonds is 5. The molecule has 7 nitrogen and oxygen atoms in total. The van der Waals surface area contributed by atoms with Gasteiger partial charge in [-0.3, -0.25) is 9.69 Å². The van der Waals surface area contributed by atoms with Gasteiger partial charge < -0.3 is 18.9 Å². The number of carbonyl (C=O) groups is 1. The van der Waals surface area contributed by atoms with E-state index < -0.39 is 0 Å². The lowest BCUT2D eigenvalue weighted by molar-refractivity contribution is -0.113. The number of anilines is 1. The molecule has 0 radical (unpaired) electrons. The molecular weight excluding hydrogens is 488 g/mol. The number of methoxy groups -OCH3 is 2. The highest BCUT2D eigenvalue weighted by molar-refractivity contribution is 9.10. The molecule has 33 heavy (non-hydrogen) atoms. The lowest BCUT2D eigenvalue weighted by atomic mass is 10.1. The fourth-order valence-electron chi connectivity index (χ4n) is 3.67. The molecule has 0 fully saturated rings. The van der Waals surface area contributed by atoms with Gasteiger partial charge in [0.25, 0.3) is 5.91 Å². The zero-order chi connectivity index (χ0) is 22.9. The summed E-state index contributed by atoms with van der Waals surface area (Å²) < 4.78 is 22.6. The standard InChI is InChI=1S/C25H19BrN2O5/c1-30-20-10-8-18(13-22(20)31-2)28-24(16-4-6-17(26)7-5-16)27-19(25(28)29)11-15-3-9-21-23(12-15)33-14-32-21/h3-13H,14H2,1-2H3/b19-11-. The SMILES string of the molecule is COc1ccc(N2C(=O)/C(=C/c3ccc4c(c3)OCO4)N=C2c2ccc(Br)cc2)cc1OC. The van der Waals surface area contributed by atoms with Crippen LogP contribution in [-0.2, 0) is 4.79 Å². The van der Waals surface area contributed by atoms with Crippen molar-refractivity contribution in [2.75, 3.05) is 25.9 Å². The number of hydrogen-bond acceptors (Lipinski definition) is 6. The molecular formula is C25H19BrN2O5. The number of benzene rings is 3. The largest absolute Gasteiger partial charge is 0.493 e. The molecule has 2 heterocycles. The Bertz CT molecular complexity index is 1300. The van der Waals surface area contributed by atoms with Gasteiger partial charge in [0.1, 0.15) is 11.5 Å². The number of hydrogen-bond donors (Lipinski definition) is 0. The van der Waals surface area contributed by atoms with Crippen LogP contribution >= 0.6 is 15.9 Å². The number of amides is 1. The molecule has 0 bridgehead atoms. The first-order chi connectivity index (χ1) is 16.1. The van der Waals surface area contributed by atoms with Crippen LogP contribution in [0.5, 0.6) is 23.0 Å². The highest BCUT2D eigenvalue weighted by Crippen LogP contribution is 2.36. The van der Waals surface area contributed by atoms with Gasteiger partial charge in [0, 0.05) is 16.1 Å². The van der Waals surface area contributed by atoms with E-state index in [0.717, 1.165) is 15.6 Å². The first-order valence-corrected chi connectivity index (χ1v) is 10.9. The van der Waals surface area contributed by atoms with Gasteiger partial charge in [0.2, 0.25) is 6.79 Å². The summed E-state index contributed by atoms with van der Waals surface area (Å²) in [7, 11) is 3.13. The highest BCUT2D eigenvalue weighted by Gasteiger charge is 2.33. The van der Waals surface area contributed by atoms with Crippen LogP contribution in [0.15, 0.2) is 75.8 Å². The minimum Gasteiger partial charge on any atom is -0.493 e. The van der Waals surface area contributed by atoms with E-state index in [0.29, 0.717) is 40.2 Å². The van der Waals surface area contributed by atoms with Crippen molar-refractivity contribution in [3.05, 3.63) is 82.0 Å². The second-order valence-corrected chi connectivity index (χ2v) is 8.18. The van der Waals surface area contributed by atoms with Crippen LogP contribution in [0, 0.1) is 0 Å². The van der Waals surface area contributed by atoms with Gasteiger partial charge in [-0.05, 0) is 48.0 Å². The van der Waals surface area contributed by atoms with Crippen molar-refractivity contribution in [2.45, 2.75) is 0 Å². The predicted octanol–water partition coefficient (Wildman–Crippen LogP) is 5.03. The molecule has 0 atom stereocenters. The zero-order valence-corrected chi connectivity index (χ0v) is 19.5. The first-order valence-electron chi connectivity index (χ1n) is 10.1. The molecule has 1 amide bonds. The summed E-state index contributed by atoms with van der Waals surface area (Å²) in [6, 6.07) is 18.5. The summed E-state index contributed by atoms with van der Waals surface area (Å²) in [4.78, 5) is 19.8. The Morgan fingerprint density at radius 1 is 0.939 bits per heavy atom. The van der Waals surface area contributed by atoms with Crippen molar-refractivity contribution in [3.8, 4) is 23.0 Å². The minimum atomic E-state index is -0.252. The van der Waals surface area contributed by atoms with E-state index in [4.69, 9.17) is 23.9 Å². The Hall–Kier alpha value is -3.78. The van der Waals surface area contributed by atoms with Crippen LogP contribution in [-0.4, -0.2) is 32.8 Å². The van der Waals surface area contributed by atoms with Crippen molar-refractivity contribution in [3.63, 3.8) is 0 Å². The first kappa shape index (κ1) is 21.1. The molecule has 166 valence electrons. The van der Waals surface area contributed by atoms with Crippen LogP contribution in [0.25, 0.3) is 6.08 Å². The molecule has 2 aliphatic heterocycles. The number of halogens is 1. The smallest absolute Gasteiger partial charge is 0.282 e. The molecule has 5 rings (SSSR count). The van der Waals surface area contributed by atoms with Crippen LogP contribution in [0.2, 0.25) is 0 Å². The molecule has 3 aromatic carbocycles. The Balaban J connectivity index is 1.60. The topological polar surface area (TPSA) is 69.6 Å². The van der Waals surface area contributed by atoms with E-state index in [2.05, 4.69) is 15.9 Å². The molecule has 0 spiro atoms. The van der Waals surface area contributed by atoms with Gasteiger partial charge >= 0.3 is 0 Å². The van der Waals surface area contributed by atoms with Gasteiger partial charge in [0.05, 0.1) is 19.9 Å². The van der Waals surface area contributed by atoms with Gasteiger partial charge in [-0.2, -0.15) is 0 Å². The Labute approximate surface area is 199 Å². The number of nitrogens with zero attached hydrogens (tertiary/aromatic N) is 2. The molecule has 0 saturated carbocycles. The highest BCUT2D eigenvalue weighted by atomic mass is 79.9. The van der Waals surface area contributed by atoms with E-state index in [1.54, 1.807) is 43.4 Å². The van der Waals surface area contributed by atoms with Crippen molar-refractivity contribution < 1.29 is 23.7 Å². The molecule has 0 unspecified atom stereocenters. The van der Waals surface area contributed by atoms with Gasteiger partial charge in [-0.1, -0.05) is 34.1 Å². The number of aliphatic imine (C=N–C) groups is 1. The van der Waals surface area contributed by atoms with Crippen molar-refractivity contribution in [2.24, 2.45) is 4.99 Å². The van der Waals surface area contributed by atoms with Gasteiger partial charge in [0.15, 0.2) is 23.0 Å². The lowest BCUT2D eigenvalue weighted by Gasteiger charge is -2.20. The maximum absolute atomic E-state index is 13.6.